The minimum Gasteiger partial charge on any atom is -0.399 e. The van der Waals surface area contributed by atoms with Crippen molar-refractivity contribution in [2.45, 2.75) is 18.9 Å². The standard InChI is InChI=1S/C13H17F2N3/c14-10-5-9(16)6-11(15)13(10)17-12-7-18-3-1-8(12)2-4-18/h5-6,8,12,17H,1-4,7,16H2. The molecule has 18 heavy (non-hydrogen) atoms. The van der Waals surface area contributed by atoms with Crippen LogP contribution in [0.3, 0.4) is 0 Å². The summed E-state index contributed by atoms with van der Waals surface area (Å²) >= 11 is 0. The molecule has 3 fully saturated rings. The van der Waals surface area contributed by atoms with E-state index in [1.165, 1.54) is 0 Å². The zero-order chi connectivity index (χ0) is 12.7. The van der Waals surface area contributed by atoms with Crippen molar-refractivity contribution in [3.63, 3.8) is 0 Å². The zero-order valence-electron chi connectivity index (χ0n) is 10.1. The van der Waals surface area contributed by atoms with E-state index in [9.17, 15) is 8.78 Å². The van der Waals surface area contributed by atoms with Crippen LogP contribution in [0.5, 0.6) is 0 Å². The van der Waals surface area contributed by atoms with Crippen molar-refractivity contribution in [1.29, 1.82) is 0 Å². The van der Waals surface area contributed by atoms with Gasteiger partial charge in [-0.05, 0) is 44.0 Å². The van der Waals surface area contributed by atoms with Gasteiger partial charge in [-0.1, -0.05) is 0 Å². The van der Waals surface area contributed by atoms with E-state index in [2.05, 4.69) is 10.2 Å². The second-order valence-corrected chi connectivity index (χ2v) is 5.25. The normalized spacial score (nSPS) is 30.4. The average Bonchev–Trinajstić information content (AvgIpc) is 2.35. The van der Waals surface area contributed by atoms with Crippen LogP contribution in [0.1, 0.15) is 12.8 Å². The van der Waals surface area contributed by atoms with Crippen molar-refractivity contribution >= 4 is 11.4 Å². The highest BCUT2D eigenvalue weighted by Gasteiger charge is 2.34. The van der Waals surface area contributed by atoms with Crippen molar-refractivity contribution in [2.24, 2.45) is 5.92 Å². The summed E-state index contributed by atoms with van der Waals surface area (Å²) in [4.78, 5) is 2.34. The maximum Gasteiger partial charge on any atom is 0.151 e. The van der Waals surface area contributed by atoms with Crippen LogP contribution in [-0.2, 0) is 0 Å². The van der Waals surface area contributed by atoms with Crippen molar-refractivity contribution in [2.75, 3.05) is 30.7 Å². The number of hydrogen-bond donors (Lipinski definition) is 2. The van der Waals surface area contributed by atoms with Crippen LogP contribution in [-0.4, -0.2) is 30.6 Å². The average molecular weight is 253 g/mol. The SMILES string of the molecule is Nc1cc(F)c(NC2CN3CCC2CC3)c(F)c1. The second-order valence-electron chi connectivity index (χ2n) is 5.25. The lowest BCUT2D eigenvalue weighted by atomic mass is 9.84. The molecule has 3 heterocycles. The number of nitrogens with two attached hydrogens (primary N) is 1. The highest BCUT2D eigenvalue weighted by Crippen LogP contribution is 2.31. The highest BCUT2D eigenvalue weighted by atomic mass is 19.1. The monoisotopic (exact) mass is 253 g/mol. The number of halogens is 2. The lowest BCUT2D eigenvalue weighted by molar-refractivity contribution is 0.0972. The van der Waals surface area contributed by atoms with Gasteiger partial charge < -0.3 is 16.0 Å². The van der Waals surface area contributed by atoms with E-state index in [1.54, 1.807) is 0 Å². The van der Waals surface area contributed by atoms with Gasteiger partial charge in [-0.15, -0.1) is 0 Å². The maximum atomic E-state index is 13.7. The van der Waals surface area contributed by atoms with E-state index >= 15 is 0 Å². The number of nitrogens with one attached hydrogen (secondary N) is 1. The molecule has 98 valence electrons. The number of nitrogens with zero attached hydrogens (tertiary/aromatic N) is 1. The fourth-order valence-corrected chi connectivity index (χ4v) is 3.04. The number of piperidine rings is 3. The van der Waals surface area contributed by atoms with Crippen LogP contribution >= 0.6 is 0 Å². The van der Waals surface area contributed by atoms with Gasteiger partial charge in [0.25, 0.3) is 0 Å². The number of fused-ring (bicyclic) bond motifs is 3. The van der Waals surface area contributed by atoms with Crippen molar-refractivity contribution < 1.29 is 8.78 Å². The van der Waals surface area contributed by atoms with Gasteiger partial charge in [0.05, 0.1) is 0 Å². The summed E-state index contributed by atoms with van der Waals surface area (Å²) in [5.41, 5.74) is 5.48. The third kappa shape index (κ3) is 2.03. The number of rotatable bonds is 2. The van der Waals surface area contributed by atoms with Crippen LogP contribution in [0.25, 0.3) is 0 Å². The molecule has 0 spiro atoms. The van der Waals surface area contributed by atoms with Crippen molar-refractivity contribution in [1.82, 2.24) is 4.90 Å². The topological polar surface area (TPSA) is 41.3 Å². The number of anilines is 2. The number of nitrogen functional groups attached to an aromatic ring is 1. The predicted octanol–water partition coefficient (Wildman–Crippen LogP) is 2.05. The molecule has 4 rings (SSSR count). The second kappa shape index (κ2) is 4.39. The molecule has 3 aliphatic heterocycles. The summed E-state index contributed by atoms with van der Waals surface area (Å²) < 4.78 is 27.4. The Labute approximate surface area is 105 Å². The summed E-state index contributed by atoms with van der Waals surface area (Å²) in [6.45, 7) is 3.08. The molecule has 3 aliphatic rings. The predicted molar refractivity (Wildman–Crippen MR) is 67.3 cm³/mol. The van der Waals surface area contributed by atoms with Crippen molar-refractivity contribution in [3.05, 3.63) is 23.8 Å². The highest BCUT2D eigenvalue weighted by molar-refractivity contribution is 5.54. The largest absolute Gasteiger partial charge is 0.399 e. The van der Waals surface area contributed by atoms with Gasteiger partial charge in [0, 0.05) is 18.3 Å². The van der Waals surface area contributed by atoms with Crippen molar-refractivity contribution in [3.8, 4) is 0 Å². The summed E-state index contributed by atoms with van der Waals surface area (Å²) in [7, 11) is 0. The van der Waals surface area contributed by atoms with Crippen LogP contribution in [0.4, 0.5) is 20.2 Å². The smallest absolute Gasteiger partial charge is 0.151 e. The van der Waals surface area contributed by atoms with E-state index < -0.39 is 11.6 Å². The van der Waals surface area contributed by atoms with Crippen LogP contribution < -0.4 is 11.1 Å². The van der Waals surface area contributed by atoms with E-state index in [4.69, 9.17) is 5.73 Å². The Morgan fingerprint density at radius 1 is 1.17 bits per heavy atom. The van der Waals surface area contributed by atoms with Crippen LogP contribution in [0, 0.1) is 17.6 Å². The first-order valence-corrected chi connectivity index (χ1v) is 6.37. The molecule has 2 bridgehead atoms. The molecule has 3 N–H and O–H groups in total. The van der Waals surface area contributed by atoms with Gasteiger partial charge in [0.1, 0.15) is 5.69 Å². The molecule has 1 unspecified atom stereocenters. The molecule has 1 aromatic rings. The lowest BCUT2D eigenvalue weighted by Gasteiger charge is -2.45. The molecular weight excluding hydrogens is 236 g/mol. The Kier molecular flexibility index (Phi) is 2.86. The first-order chi connectivity index (χ1) is 8.63. The summed E-state index contributed by atoms with van der Waals surface area (Å²) in [6.07, 6.45) is 2.21. The molecule has 1 atom stereocenters. The Morgan fingerprint density at radius 2 is 1.78 bits per heavy atom. The minimum atomic E-state index is -0.607. The quantitative estimate of drug-likeness (QED) is 0.793. The number of benzene rings is 1. The molecule has 0 saturated carbocycles. The molecule has 3 saturated heterocycles. The van der Waals surface area contributed by atoms with Gasteiger partial charge in [-0.2, -0.15) is 0 Å². The third-order valence-electron chi connectivity index (χ3n) is 4.05. The van der Waals surface area contributed by atoms with Crippen LogP contribution in [0.2, 0.25) is 0 Å². The zero-order valence-corrected chi connectivity index (χ0v) is 10.1. The van der Waals surface area contributed by atoms with E-state index in [0.29, 0.717) is 5.92 Å². The lowest BCUT2D eigenvalue weighted by Crippen LogP contribution is -2.53. The Balaban J connectivity index is 1.81. The maximum absolute atomic E-state index is 13.7. The first kappa shape index (κ1) is 11.7. The molecule has 0 aromatic heterocycles. The molecule has 0 radical (unpaired) electrons. The fraction of sp³-hybridized carbons (Fsp3) is 0.538. The Hall–Kier alpha value is -1.36. The molecule has 5 heteroatoms. The molecule has 0 aliphatic carbocycles. The Bertz CT molecular complexity index is 433. The van der Waals surface area contributed by atoms with Gasteiger partial charge in [-0.25, -0.2) is 8.78 Å². The molecule has 1 aromatic carbocycles. The summed E-state index contributed by atoms with van der Waals surface area (Å²) in [5.74, 6) is -0.695. The van der Waals surface area contributed by atoms with E-state index in [0.717, 1.165) is 44.6 Å². The van der Waals surface area contributed by atoms with Gasteiger partial charge in [-0.3, -0.25) is 0 Å². The summed E-state index contributed by atoms with van der Waals surface area (Å²) in [6, 6.07) is 2.46. The van der Waals surface area contributed by atoms with E-state index in [1.807, 2.05) is 0 Å². The van der Waals surface area contributed by atoms with Gasteiger partial charge >= 0.3 is 0 Å². The first-order valence-electron chi connectivity index (χ1n) is 6.37. The third-order valence-corrected chi connectivity index (χ3v) is 4.05. The molecule has 3 nitrogen and oxygen atoms in total. The van der Waals surface area contributed by atoms with Gasteiger partial charge in [0.15, 0.2) is 11.6 Å². The van der Waals surface area contributed by atoms with Crippen LogP contribution in [0.15, 0.2) is 12.1 Å². The van der Waals surface area contributed by atoms with E-state index in [-0.39, 0.29) is 17.4 Å². The molecular formula is C13H17F2N3. The number of hydrogen-bond acceptors (Lipinski definition) is 3. The minimum absolute atomic E-state index is 0.0389. The Morgan fingerprint density at radius 3 is 2.28 bits per heavy atom. The van der Waals surface area contributed by atoms with Gasteiger partial charge in [0.2, 0.25) is 0 Å². The fourth-order valence-electron chi connectivity index (χ4n) is 3.04. The summed E-state index contributed by atoms with van der Waals surface area (Å²) in [5, 5.41) is 3.03. The molecule has 0 amide bonds.